The molecule has 0 unspecified atom stereocenters. The van der Waals surface area contributed by atoms with Gasteiger partial charge in [-0.3, -0.25) is 14.5 Å². The van der Waals surface area contributed by atoms with Gasteiger partial charge in [-0.25, -0.2) is 0 Å². The van der Waals surface area contributed by atoms with Gasteiger partial charge in [0.05, 0.1) is 0 Å². The lowest BCUT2D eigenvalue weighted by molar-refractivity contribution is -0.162. The molecule has 0 amide bonds. The summed E-state index contributed by atoms with van der Waals surface area (Å²) in [5, 5.41) is 0. The molecule has 0 aromatic heterocycles. The zero-order valence-corrected chi connectivity index (χ0v) is 14.9. The van der Waals surface area contributed by atoms with Gasteiger partial charge < -0.3 is 9.47 Å². The maximum atomic E-state index is 11.6. The molecule has 0 aromatic carbocycles. The highest BCUT2D eigenvalue weighted by atomic mass is 16.5. The number of piperidine rings is 1. The number of hydrogen-bond donors (Lipinski definition) is 0. The molecule has 1 aliphatic heterocycles. The highest BCUT2D eigenvalue weighted by Gasteiger charge is 2.46. The van der Waals surface area contributed by atoms with Crippen LogP contribution in [0.5, 0.6) is 0 Å². The summed E-state index contributed by atoms with van der Waals surface area (Å²) in [6, 6.07) is 0. The summed E-state index contributed by atoms with van der Waals surface area (Å²) in [4.78, 5) is 25.2. The first-order valence-electron chi connectivity index (χ1n) is 8.25. The summed E-state index contributed by atoms with van der Waals surface area (Å²) in [6.45, 7) is 13.3. The second-order valence-corrected chi connectivity index (χ2v) is 7.22. The maximum absolute atomic E-state index is 11.6. The maximum Gasteiger partial charge on any atom is 0.305 e. The van der Waals surface area contributed by atoms with E-state index in [9.17, 15) is 9.59 Å². The van der Waals surface area contributed by atoms with Gasteiger partial charge in [0, 0.05) is 43.3 Å². The topological polar surface area (TPSA) is 55.8 Å². The molecule has 0 radical (unpaired) electrons. The number of carbonyl (C=O) groups excluding carboxylic acids is 2. The van der Waals surface area contributed by atoms with Gasteiger partial charge in [-0.2, -0.15) is 0 Å². The first kappa shape index (κ1) is 18.9. The summed E-state index contributed by atoms with van der Waals surface area (Å²) < 4.78 is 10.8. The summed E-state index contributed by atoms with van der Waals surface area (Å²) in [7, 11) is 0. The SMILES string of the molecule is CCC(=O)OCCN1C(C)(C)CC(OC(=O)CC)CC1(C)C. The minimum absolute atomic E-state index is 0.0492. The lowest BCUT2D eigenvalue weighted by Gasteiger charge is -2.54. The van der Waals surface area contributed by atoms with Crippen LogP contribution in [0.3, 0.4) is 0 Å². The average molecular weight is 313 g/mol. The van der Waals surface area contributed by atoms with Crippen LogP contribution in [0.15, 0.2) is 0 Å². The predicted octanol–water partition coefficient (Wildman–Crippen LogP) is 2.91. The molecule has 0 aliphatic carbocycles. The molecule has 5 nitrogen and oxygen atoms in total. The van der Waals surface area contributed by atoms with Crippen LogP contribution in [0.4, 0.5) is 0 Å². The van der Waals surface area contributed by atoms with Crippen LogP contribution in [0.2, 0.25) is 0 Å². The molecule has 1 fully saturated rings. The van der Waals surface area contributed by atoms with E-state index in [-0.39, 0.29) is 29.1 Å². The van der Waals surface area contributed by atoms with Crippen molar-refractivity contribution in [1.82, 2.24) is 4.90 Å². The third-order valence-corrected chi connectivity index (χ3v) is 4.37. The average Bonchev–Trinajstić information content (AvgIpc) is 2.40. The molecular formula is C17H31NO4. The summed E-state index contributed by atoms with van der Waals surface area (Å²) >= 11 is 0. The van der Waals surface area contributed by atoms with Crippen molar-refractivity contribution in [1.29, 1.82) is 0 Å². The Bertz CT molecular complexity index is 385. The minimum atomic E-state index is -0.164. The predicted molar refractivity (Wildman–Crippen MR) is 85.5 cm³/mol. The van der Waals surface area contributed by atoms with Crippen molar-refractivity contribution in [3.63, 3.8) is 0 Å². The molecule has 1 saturated heterocycles. The fourth-order valence-corrected chi connectivity index (χ4v) is 3.54. The van der Waals surface area contributed by atoms with E-state index in [0.29, 0.717) is 26.0 Å². The zero-order valence-electron chi connectivity index (χ0n) is 14.9. The van der Waals surface area contributed by atoms with Gasteiger partial charge in [0.25, 0.3) is 0 Å². The quantitative estimate of drug-likeness (QED) is 0.706. The highest BCUT2D eigenvalue weighted by molar-refractivity contribution is 5.69. The van der Waals surface area contributed by atoms with Crippen LogP contribution in [-0.2, 0) is 19.1 Å². The molecule has 0 aromatic rings. The van der Waals surface area contributed by atoms with Gasteiger partial charge in [-0.15, -0.1) is 0 Å². The van der Waals surface area contributed by atoms with Crippen LogP contribution >= 0.6 is 0 Å². The Labute approximate surface area is 134 Å². The molecule has 0 spiro atoms. The number of esters is 2. The number of nitrogens with zero attached hydrogens (tertiary/aromatic N) is 1. The molecule has 0 atom stereocenters. The monoisotopic (exact) mass is 313 g/mol. The summed E-state index contributed by atoms with van der Waals surface area (Å²) in [5.41, 5.74) is -0.224. The molecular weight excluding hydrogens is 282 g/mol. The highest BCUT2D eigenvalue weighted by Crippen LogP contribution is 2.39. The molecule has 128 valence electrons. The van der Waals surface area contributed by atoms with Crippen molar-refractivity contribution in [2.24, 2.45) is 0 Å². The van der Waals surface area contributed by atoms with E-state index in [1.807, 2.05) is 6.92 Å². The number of ether oxygens (including phenoxy) is 2. The van der Waals surface area contributed by atoms with Crippen molar-refractivity contribution >= 4 is 11.9 Å². The van der Waals surface area contributed by atoms with Gasteiger partial charge in [0.15, 0.2) is 0 Å². The second-order valence-electron chi connectivity index (χ2n) is 7.22. The molecule has 22 heavy (non-hydrogen) atoms. The lowest BCUT2D eigenvalue weighted by Crippen LogP contribution is -2.63. The Morgan fingerprint density at radius 3 is 1.95 bits per heavy atom. The van der Waals surface area contributed by atoms with Crippen LogP contribution < -0.4 is 0 Å². The van der Waals surface area contributed by atoms with Crippen molar-refractivity contribution in [2.75, 3.05) is 13.2 Å². The van der Waals surface area contributed by atoms with Crippen LogP contribution in [0, 0.1) is 0 Å². The largest absolute Gasteiger partial charge is 0.464 e. The van der Waals surface area contributed by atoms with Crippen molar-refractivity contribution in [3.05, 3.63) is 0 Å². The van der Waals surface area contributed by atoms with E-state index >= 15 is 0 Å². The second kappa shape index (κ2) is 7.44. The van der Waals surface area contributed by atoms with Gasteiger partial charge >= 0.3 is 11.9 Å². The fourth-order valence-electron chi connectivity index (χ4n) is 3.54. The standard InChI is InChI=1S/C17H31NO4/c1-7-14(19)21-10-9-18-16(3,4)11-13(12-17(18,5)6)22-15(20)8-2/h13H,7-12H2,1-6H3. The first-order chi connectivity index (χ1) is 10.1. The Morgan fingerprint density at radius 1 is 1.00 bits per heavy atom. The Morgan fingerprint density at radius 2 is 1.50 bits per heavy atom. The van der Waals surface area contributed by atoms with Gasteiger partial charge in [0.2, 0.25) is 0 Å². The smallest absolute Gasteiger partial charge is 0.305 e. The van der Waals surface area contributed by atoms with Crippen molar-refractivity contribution < 1.29 is 19.1 Å². The van der Waals surface area contributed by atoms with E-state index in [2.05, 4.69) is 32.6 Å². The molecule has 0 bridgehead atoms. The normalized spacial score (nSPS) is 21.4. The number of likely N-dealkylation sites (tertiary alicyclic amines) is 1. The molecule has 5 heteroatoms. The van der Waals surface area contributed by atoms with E-state index in [1.165, 1.54) is 0 Å². The number of hydrogen-bond acceptors (Lipinski definition) is 5. The van der Waals surface area contributed by atoms with E-state index in [0.717, 1.165) is 12.8 Å². The summed E-state index contributed by atoms with van der Waals surface area (Å²) in [6.07, 6.45) is 2.36. The molecule has 0 saturated carbocycles. The Hall–Kier alpha value is -1.10. The van der Waals surface area contributed by atoms with Crippen molar-refractivity contribution in [3.8, 4) is 0 Å². The number of carbonyl (C=O) groups is 2. The van der Waals surface area contributed by atoms with E-state index < -0.39 is 0 Å². The van der Waals surface area contributed by atoms with Crippen LogP contribution in [-0.4, -0.2) is 47.2 Å². The van der Waals surface area contributed by atoms with Gasteiger partial charge in [-0.1, -0.05) is 13.8 Å². The van der Waals surface area contributed by atoms with Gasteiger partial charge in [-0.05, 0) is 27.7 Å². The third-order valence-electron chi connectivity index (χ3n) is 4.37. The zero-order chi connectivity index (χ0) is 17.0. The third kappa shape index (κ3) is 4.97. The van der Waals surface area contributed by atoms with E-state index in [1.54, 1.807) is 6.92 Å². The molecule has 1 aliphatic rings. The van der Waals surface area contributed by atoms with Crippen LogP contribution in [0.1, 0.15) is 67.2 Å². The first-order valence-corrected chi connectivity index (χ1v) is 8.25. The number of rotatable bonds is 6. The molecule has 0 N–H and O–H groups in total. The van der Waals surface area contributed by atoms with Gasteiger partial charge in [0.1, 0.15) is 12.7 Å². The minimum Gasteiger partial charge on any atom is -0.464 e. The van der Waals surface area contributed by atoms with Crippen LogP contribution in [0.25, 0.3) is 0 Å². The Balaban J connectivity index is 2.70. The van der Waals surface area contributed by atoms with Crippen molar-refractivity contribution in [2.45, 2.75) is 84.4 Å². The fraction of sp³-hybridized carbons (Fsp3) is 0.882. The van der Waals surface area contributed by atoms with E-state index in [4.69, 9.17) is 9.47 Å². The molecule has 1 heterocycles. The lowest BCUT2D eigenvalue weighted by atomic mass is 9.78. The summed E-state index contributed by atoms with van der Waals surface area (Å²) in [5.74, 6) is -0.302. The Kier molecular flexibility index (Phi) is 6.41. The molecule has 1 rings (SSSR count).